The molecular weight excluding hydrogens is 268 g/mol. The topological polar surface area (TPSA) is 15.3 Å². The molecule has 2 heterocycles. The SMILES string of the molecule is CNCC[C@@H]1[C@@H](C)c2cccc3c2N1c1ccccc1CC3. The molecule has 1 N–H and O–H groups in total. The third kappa shape index (κ3) is 1.98. The zero-order valence-corrected chi connectivity index (χ0v) is 13.5. The van der Waals surface area contributed by atoms with Crippen LogP contribution in [0.5, 0.6) is 0 Å². The molecular formula is C20H24N2. The molecule has 2 nitrogen and oxygen atoms in total. The van der Waals surface area contributed by atoms with Gasteiger partial charge in [-0.15, -0.1) is 0 Å². The highest BCUT2D eigenvalue weighted by Gasteiger charge is 2.39. The number of aryl methyl sites for hydroxylation is 2. The zero-order valence-electron chi connectivity index (χ0n) is 13.5. The van der Waals surface area contributed by atoms with Crippen LogP contribution in [-0.4, -0.2) is 19.6 Å². The smallest absolute Gasteiger partial charge is 0.0482 e. The molecule has 0 spiro atoms. The van der Waals surface area contributed by atoms with E-state index >= 15 is 0 Å². The van der Waals surface area contributed by atoms with E-state index in [1.807, 2.05) is 0 Å². The molecule has 0 radical (unpaired) electrons. The van der Waals surface area contributed by atoms with Crippen molar-refractivity contribution in [1.29, 1.82) is 0 Å². The molecule has 4 rings (SSSR count). The van der Waals surface area contributed by atoms with Gasteiger partial charge in [0.1, 0.15) is 0 Å². The first kappa shape index (κ1) is 13.8. The lowest BCUT2D eigenvalue weighted by Gasteiger charge is -2.31. The van der Waals surface area contributed by atoms with E-state index in [-0.39, 0.29) is 0 Å². The van der Waals surface area contributed by atoms with Crippen molar-refractivity contribution in [3.8, 4) is 0 Å². The molecule has 2 aliphatic rings. The number of rotatable bonds is 3. The van der Waals surface area contributed by atoms with Gasteiger partial charge < -0.3 is 10.2 Å². The van der Waals surface area contributed by atoms with Gasteiger partial charge in [-0.05, 0) is 55.6 Å². The van der Waals surface area contributed by atoms with Crippen molar-refractivity contribution in [2.24, 2.45) is 0 Å². The van der Waals surface area contributed by atoms with Gasteiger partial charge in [-0.25, -0.2) is 0 Å². The van der Waals surface area contributed by atoms with E-state index in [2.05, 4.69) is 66.7 Å². The van der Waals surface area contributed by atoms with Crippen molar-refractivity contribution in [3.05, 3.63) is 59.2 Å². The van der Waals surface area contributed by atoms with E-state index < -0.39 is 0 Å². The molecule has 0 aromatic heterocycles. The number of nitrogens with one attached hydrogen (secondary N) is 1. The number of para-hydroxylation sites is 2. The molecule has 2 aromatic carbocycles. The van der Waals surface area contributed by atoms with Crippen molar-refractivity contribution in [3.63, 3.8) is 0 Å². The quantitative estimate of drug-likeness (QED) is 0.919. The number of fused-ring (bicyclic) bond motifs is 2. The third-order valence-electron chi connectivity index (χ3n) is 5.40. The fraction of sp³-hybridized carbons (Fsp3) is 0.400. The van der Waals surface area contributed by atoms with Crippen LogP contribution < -0.4 is 10.2 Å². The van der Waals surface area contributed by atoms with E-state index in [0.717, 1.165) is 19.4 Å². The lowest BCUT2D eigenvalue weighted by atomic mass is 9.92. The van der Waals surface area contributed by atoms with Gasteiger partial charge in [-0.2, -0.15) is 0 Å². The zero-order chi connectivity index (χ0) is 15.1. The summed E-state index contributed by atoms with van der Waals surface area (Å²) in [6.07, 6.45) is 3.48. The lowest BCUT2D eigenvalue weighted by molar-refractivity contribution is 0.535. The van der Waals surface area contributed by atoms with Crippen LogP contribution in [0.3, 0.4) is 0 Å². The summed E-state index contributed by atoms with van der Waals surface area (Å²) in [7, 11) is 2.05. The minimum Gasteiger partial charge on any atom is -0.337 e. The summed E-state index contributed by atoms with van der Waals surface area (Å²) in [5, 5.41) is 3.33. The summed E-state index contributed by atoms with van der Waals surface area (Å²) in [4.78, 5) is 2.65. The molecule has 2 aliphatic heterocycles. The minimum absolute atomic E-state index is 0.558. The summed E-state index contributed by atoms with van der Waals surface area (Å²) in [6, 6.07) is 16.4. The molecule has 0 saturated carbocycles. The Morgan fingerprint density at radius 2 is 1.82 bits per heavy atom. The summed E-state index contributed by atoms with van der Waals surface area (Å²) in [6.45, 7) is 3.46. The predicted molar refractivity (Wildman–Crippen MR) is 93.2 cm³/mol. The third-order valence-corrected chi connectivity index (χ3v) is 5.40. The Kier molecular flexibility index (Phi) is 3.42. The Hall–Kier alpha value is -1.80. The average Bonchev–Trinajstić information content (AvgIpc) is 2.73. The Morgan fingerprint density at radius 3 is 2.68 bits per heavy atom. The number of nitrogens with zero attached hydrogens (tertiary/aromatic N) is 1. The largest absolute Gasteiger partial charge is 0.337 e. The van der Waals surface area contributed by atoms with Crippen molar-refractivity contribution >= 4 is 11.4 Å². The van der Waals surface area contributed by atoms with Crippen LogP contribution in [0, 0.1) is 0 Å². The number of benzene rings is 2. The molecule has 0 amide bonds. The van der Waals surface area contributed by atoms with Gasteiger partial charge in [0.2, 0.25) is 0 Å². The summed E-state index contributed by atoms with van der Waals surface area (Å²) in [5.41, 5.74) is 7.48. The first-order valence-electron chi connectivity index (χ1n) is 8.45. The molecule has 2 atom stereocenters. The van der Waals surface area contributed by atoms with Crippen LogP contribution in [0.4, 0.5) is 11.4 Å². The first-order chi connectivity index (χ1) is 10.8. The van der Waals surface area contributed by atoms with E-state index in [9.17, 15) is 0 Å². The monoisotopic (exact) mass is 292 g/mol. The fourth-order valence-electron chi connectivity index (χ4n) is 4.27. The standard InChI is InChI=1S/C20H24N2/c1-14-17-8-5-7-16-11-10-15-6-3-4-9-19(15)22(20(16)17)18(14)12-13-21-2/h3-9,14,18,21H,10-13H2,1-2H3/t14-,18+/m0/s1. The highest BCUT2D eigenvalue weighted by atomic mass is 15.2. The highest BCUT2D eigenvalue weighted by Crippen LogP contribution is 2.50. The first-order valence-corrected chi connectivity index (χ1v) is 8.45. The van der Waals surface area contributed by atoms with Gasteiger partial charge in [-0.3, -0.25) is 0 Å². The normalized spacial score (nSPS) is 22.2. The van der Waals surface area contributed by atoms with Crippen LogP contribution in [-0.2, 0) is 12.8 Å². The van der Waals surface area contributed by atoms with Gasteiger partial charge in [0, 0.05) is 23.3 Å². The molecule has 0 saturated heterocycles. The Balaban J connectivity index is 1.89. The van der Waals surface area contributed by atoms with E-state index in [0.29, 0.717) is 12.0 Å². The second-order valence-electron chi connectivity index (χ2n) is 6.60. The van der Waals surface area contributed by atoms with Gasteiger partial charge >= 0.3 is 0 Å². The highest BCUT2D eigenvalue weighted by molar-refractivity contribution is 5.78. The maximum absolute atomic E-state index is 3.33. The second kappa shape index (κ2) is 5.44. The van der Waals surface area contributed by atoms with Crippen molar-refractivity contribution in [2.45, 2.75) is 38.1 Å². The van der Waals surface area contributed by atoms with Crippen LogP contribution in [0.15, 0.2) is 42.5 Å². The summed E-state index contributed by atoms with van der Waals surface area (Å²) >= 11 is 0. The van der Waals surface area contributed by atoms with Gasteiger partial charge in [-0.1, -0.05) is 43.3 Å². The second-order valence-corrected chi connectivity index (χ2v) is 6.60. The molecule has 2 aromatic rings. The molecule has 0 fully saturated rings. The van der Waals surface area contributed by atoms with Crippen LogP contribution in [0.1, 0.15) is 36.0 Å². The maximum atomic E-state index is 3.33. The maximum Gasteiger partial charge on any atom is 0.0482 e. The number of hydrogen-bond acceptors (Lipinski definition) is 2. The Bertz CT molecular complexity index is 692. The molecule has 2 heteroatoms. The fourth-order valence-corrected chi connectivity index (χ4v) is 4.27. The molecule has 0 aliphatic carbocycles. The van der Waals surface area contributed by atoms with Gasteiger partial charge in [0.25, 0.3) is 0 Å². The van der Waals surface area contributed by atoms with Crippen LogP contribution >= 0.6 is 0 Å². The summed E-state index contributed by atoms with van der Waals surface area (Å²) < 4.78 is 0. The van der Waals surface area contributed by atoms with E-state index in [1.54, 1.807) is 0 Å². The Labute approximate surface area is 133 Å². The van der Waals surface area contributed by atoms with Crippen molar-refractivity contribution in [1.82, 2.24) is 5.32 Å². The lowest BCUT2D eigenvalue weighted by Crippen LogP contribution is -2.32. The summed E-state index contributed by atoms with van der Waals surface area (Å²) in [5.74, 6) is 0.592. The molecule has 0 bridgehead atoms. The number of hydrogen-bond donors (Lipinski definition) is 1. The Morgan fingerprint density at radius 1 is 1.05 bits per heavy atom. The minimum atomic E-state index is 0.558. The molecule has 0 unspecified atom stereocenters. The van der Waals surface area contributed by atoms with E-state index in [4.69, 9.17) is 0 Å². The van der Waals surface area contributed by atoms with Gasteiger partial charge in [0.15, 0.2) is 0 Å². The molecule has 22 heavy (non-hydrogen) atoms. The average molecular weight is 292 g/mol. The van der Waals surface area contributed by atoms with Crippen LogP contribution in [0.2, 0.25) is 0 Å². The predicted octanol–water partition coefficient (Wildman–Crippen LogP) is 4.02. The van der Waals surface area contributed by atoms with Crippen LogP contribution in [0.25, 0.3) is 0 Å². The van der Waals surface area contributed by atoms with Crippen molar-refractivity contribution in [2.75, 3.05) is 18.5 Å². The molecule has 114 valence electrons. The van der Waals surface area contributed by atoms with Gasteiger partial charge in [0.05, 0.1) is 0 Å². The number of anilines is 2. The van der Waals surface area contributed by atoms with Crippen molar-refractivity contribution < 1.29 is 0 Å². The van der Waals surface area contributed by atoms with E-state index in [1.165, 1.54) is 34.5 Å².